The number of ether oxygens (including phenoxy) is 1. The molecule has 1 N–H and O–H groups in total. The normalized spacial score (nSPS) is 20.9. The highest BCUT2D eigenvalue weighted by atomic mass is 16.5. The number of nitrogens with zero attached hydrogens (tertiary/aromatic N) is 2. The molecule has 1 amide bonds. The van der Waals surface area contributed by atoms with Gasteiger partial charge in [0, 0.05) is 13.0 Å². The molecular formula is C13H19N3O3. The zero-order valence-electron chi connectivity index (χ0n) is 11.1. The van der Waals surface area contributed by atoms with Gasteiger partial charge in [-0.3, -0.25) is 4.79 Å². The van der Waals surface area contributed by atoms with Gasteiger partial charge in [-0.25, -0.2) is 0 Å². The zero-order valence-corrected chi connectivity index (χ0v) is 11.1. The SMILES string of the molecule is COC1(CC(=O)NCc2noc(C3CC3)n2)CCC1. The maximum atomic E-state index is 11.9. The molecule has 3 rings (SSSR count). The first kappa shape index (κ1) is 12.6. The molecule has 104 valence electrons. The van der Waals surface area contributed by atoms with Crippen LogP contribution in [0.15, 0.2) is 4.52 Å². The quantitative estimate of drug-likeness (QED) is 0.843. The Hall–Kier alpha value is -1.43. The first-order valence-corrected chi connectivity index (χ1v) is 6.85. The van der Waals surface area contributed by atoms with Crippen molar-refractivity contribution in [2.24, 2.45) is 0 Å². The van der Waals surface area contributed by atoms with Gasteiger partial charge in [0.05, 0.1) is 18.6 Å². The van der Waals surface area contributed by atoms with Crippen LogP contribution in [0.3, 0.4) is 0 Å². The molecule has 0 atom stereocenters. The van der Waals surface area contributed by atoms with Gasteiger partial charge in [0.15, 0.2) is 5.82 Å². The minimum atomic E-state index is -0.236. The fraction of sp³-hybridized carbons (Fsp3) is 0.769. The van der Waals surface area contributed by atoms with Crippen molar-refractivity contribution in [2.75, 3.05) is 7.11 Å². The van der Waals surface area contributed by atoms with Crippen LogP contribution in [-0.4, -0.2) is 28.8 Å². The first-order chi connectivity index (χ1) is 9.21. The second kappa shape index (κ2) is 4.92. The van der Waals surface area contributed by atoms with Gasteiger partial charge in [0.1, 0.15) is 0 Å². The maximum Gasteiger partial charge on any atom is 0.229 e. The van der Waals surface area contributed by atoms with E-state index in [1.54, 1.807) is 7.11 Å². The first-order valence-electron chi connectivity index (χ1n) is 6.85. The van der Waals surface area contributed by atoms with E-state index in [0.717, 1.165) is 32.1 Å². The third-order valence-corrected chi connectivity index (χ3v) is 4.03. The second-order valence-corrected chi connectivity index (χ2v) is 5.52. The summed E-state index contributed by atoms with van der Waals surface area (Å²) in [6, 6.07) is 0. The molecule has 2 aliphatic carbocycles. The van der Waals surface area contributed by atoms with Crippen LogP contribution in [0.2, 0.25) is 0 Å². The maximum absolute atomic E-state index is 11.9. The minimum Gasteiger partial charge on any atom is -0.378 e. The Morgan fingerprint density at radius 2 is 2.32 bits per heavy atom. The van der Waals surface area contributed by atoms with Crippen LogP contribution in [0.4, 0.5) is 0 Å². The van der Waals surface area contributed by atoms with Crippen molar-refractivity contribution < 1.29 is 14.1 Å². The Morgan fingerprint density at radius 3 is 2.89 bits per heavy atom. The van der Waals surface area contributed by atoms with E-state index in [9.17, 15) is 4.79 Å². The Bertz CT molecular complexity index is 458. The highest BCUT2D eigenvalue weighted by molar-refractivity contribution is 5.77. The van der Waals surface area contributed by atoms with Crippen LogP contribution in [0, 0.1) is 0 Å². The topological polar surface area (TPSA) is 77.2 Å². The van der Waals surface area contributed by atoms with Crippen molar-refractivity contribution in [1.29, 1.82) is 0 Å². The van der Waals surface area contributed by atoms with E-state index in [0.29, 0.717) is 30.6 Å². The van der Waals surface area contributed by atoms with Crippen molar-refractivity contribution in [2.45, 2.75) is 56.6 Å². The highest BCUT2D eigenvalue weighted by Gasteiger charge is 2.39. The third kappa shape index (κ3) is 2.78. The van der Waals surface area contributed by atoms with Gasteiger partial charge >= 0.3 is 0 Å². The summed E-state index contributed by atoms with van der Waals surface area (Å²) in [5.41, 5.74) is -0.236. The monoisotopic (exact) mass is 265 g/mol. The fourth-order valence-corrected chi connectivity index (χ4v) is 2.39. The van der Waals surface area contributed by atoms with Crippen molar-refractivity contribution in [3.05, 3.63) is 11.7 Å². The molecule has 1 aromatic heterocycles. The predicted octanol–water partition coefficient (Wildman–Crippen LogP) is 1.52. The lowest BCUT2D eigenvalue weighted by Gasteiger charge is -2.39. The van der Waals surface area contributed by atoms with E-state index >= 15 is 0 Å². The number of methoxy groups -OCH3 is 1. The van der Waals surface area contributed by atoms with Crippen molar-refractivity contribution >= 4 is 5.91 Å². The number of hydrogen-bond donors (Lipinski definition) is 1. The van der Waals surface area contributed by atoms with Crippen LogP contribution in [0.1, 0.15) is 56.2 Å². The van der Waals surface area contributed by atoms with E-state index in [2.05, 4.69) is 15.5 Å². The summed E-state index contributed by atoms with van der Waals surface area (Å²) in [5, 5.41) is 6.69. The number of amides is 1. The molecule has 2 fully saturated rings. The van der Waals surface area contributed by atoms with Crippen molar-refractivity contribution in [1.82, 2.24) is 15.5 Å². The van der Waals surface area contributed by atoms with E-state index in [4.69, 9.17) is 9.26 Å². The molecule has 2 aliphatic rings. The molecule has 1 aromatic rings. The van der Waals surface area contributed by atoms with Gasteiger partial charge in [-0.15, -0.1) is 0 Å². The molecule has 0 spiro atoms. The van der Waals surface area contributed by atoms with Crippen molar-refractivity contribution in [3.63, 3.8) is 0 Å². The summed E-state index contributed by atoms with van der Waals surface area (Å²) in [7, 11) is 1.67. The number of nitrogens with one attached hydrogen (secondary N) is 1. The van der Waals surface area contributed by atoms with Crippen molar-refractivity contribution in [3.8, 4) is 0 Å². The van der Waals surface area contributed by atoms with Crippen LogP contribution in [0.5, 0.6) is 0 Å². The molecule has 6 heteroatoms. The predicted molar refractivity (Wildman–Crippen MR) is 66.3 cm³/mol. The van der Waals surface area contributed by atoms with Gasteiger partial charge in [-0.2, -0.15) is 4.98 Å². The summed E-state index contributed by atoms with van der Waals surface area (Å²) < 4.78 is 10.6. The lowest BCUT2D eigenvalue weighted by molar-refractivity contribution is -0.134. The fourth-order valence-electron chi connectivity index (χ4n) is 2.39. The van der Waals surface area contributed by atoms with Gasteiger partial charge in [-0.05, 0) is 32.1 Å². The van der Waals surface area contributed by atoms with Crippen LogP contribution in [-0.2, 0) is 16.1 Å². The lowest BCUT2D eigenvalue weighted by Crippen LogP contribution is -2.43. The molecule has 1 heterocycles. The average Bonchev–Trinajstić information content (AvgIpc) is 3.11. The zero-order chi connectivity index (χ0) is 13.3. The molecule has 0 unspecified atom stereocenters. The molecule has 6 nitrogen and oxygen atoms in total. The summed E-state index contributed by atoms with van der Waals surface area (Å²) in [6.07, 6.45) is 5.73. The Kier molecular flexibility index (Phi) is 3.26. The molecule has 0 aliphatic heterocycles. The Labute approximate surface area is 111 Å². The second-order valence-electron chi connectivity index (χ2n) is 5.52. The minimum absolute atomic E-state index is 0.0145. The number of carbonyl (C=O) groups excluding carboxylic acids is 1. The van der Waals surface area contributed by atoms with Gasteiger partial charge < -0.3 is 14.6 Å². The number of carbonyl (C=O) groups is 1. The van der Waals surface area contributed by atoms with Crippen LogP contribution >= 0.6 is 0 Å². The van der Waals surface area contributed by atoms with Gasteiger partial charge in [-0.1, -0.05) is 5.16 Å². The molecule has 2 saturated carbocycles. The smallest absolute Gasteiger partial charge is 0.229 e. The van der Waals surface area contributed by atoms with Crippen LogP contribution < -0.4 is 5.32 Å². The number of aromatic nitrogens is 2. The largest absolute Gasteiger partial charge is 0.378 e. The number of rotatable bonds is 6. The summed E-state index contributed by atoms with van der Waals surface area (Å²) in [6.45, 7) is 0.328. The molecular weight excluding hydrogens is 246 g/mol. The molecule has 19 heavy (non-hydrogen) atoms. The van der Waals surface area contributed by atoms with E-state index in [-0.39, 0.29) is 11.5 Å². The third-order valence-electron chi connectivity index (χ3n) is 4.03. The standard InChI is InChI=1S/C13H19N3O3/c1-18-13(5-2-6-13)7-11(17)14-8-10-15-12(19-16-10)9-3-4-9/h9H,2-8H2,1H3,(H,14,17). The van der Waals surface area contributed by atoms with Gasteiger partial charge in [0.2, 0.25) is 11.8 Å². The Morgan fingerprint density at radius 1 is 1.53 bits per heavy atom. The van der Waals surface area contributed by atoms with E-state index < -0.39 is 0 Å². The Balaban J connectivity index is 1.46. The molecule has 0 bridgehead atoms. The van der Waals surface area contributed by atoms with Crippen LogP contribution in [0.25, 0.3) is 0 Å². The molecule has 0 radical (unpaired) electrons. The van der Waals surface area contributed by atoms with E-state index in [1.807, 2.05) is 0 Å². The number of hydrogen-bond acceptors (Lipinski definition) is 5. The molecule has 0 saturated heterocycles. The highest BCUT2D eigenvalue weighted by Crippen LogP contribution is 2.39. The summed E-state index contributed by atoms with van der Waals surface area (Å²) >= 11 is 0. The molecule has 0 aromatic carbocycles. The van der Waals surface area contributed by atoms with Gasteiger partial charge in [0.25, 0.3) is 0 Å². The average molecular weight is 265 g/mol. The lowest BCUT2D eigenvalue weighted by atomic mass is 9.77. The van der Waals surface area contributed by atoms with E-state index in [1.165, 1.54) is 0 Å². The summed E-state index contributed by atoms with van der Waals surface area (Å²) in [4.78, 5) is 16.1. The summed E-state index contributed by atoms with van der Waals surface area (Å²) in [5.74, 6) is 1.69.